The van der Waals surface area contributed by atoms with Crippen molar-refractivity contribution in [3.63, 3.8) is 0 Å². The molecular formula is C18H24N6O2. The lowest BCUT2D eigenvalue weighted by molar-refractivity contribution is -0.122. The van der Waals surface area contributed by atoms with E-state index in [0.717, 1.165) is 37.1 Å². The first-order valence-electron chi connectivity index (χ1n) is 8.64. The minimum Gasteiger partial charge on any atom is -0.360 e. The molecule has 0 aliphatic rings. The van der Waals surface area contributed by atoms with Crippen molar-refractivity contribution in [2.75, 3.05) is 0 Å². The van der Waals surface area contributed by atoms with Crippen LogP contribution in [0.2, 0.25) is 0 Å². The number of amides is 2. The molecule has 26 heavy (non-hydrogen) atoms. The molecule has 4 N–H and O–H groups in total. The van der Waals surface area contributed by atoms with Gasteiger partial charge in [0.2, 0.25) is 11.8 Å². The summed E-state index contributed by atoms with van der Waals surface area (Å²) in [4.78, 5) is 29.1. The fourth-order valence-electron chi connectivity index (χ4n) is 2.23. The topological polar surface area (TPSA) is 114 Å². The van der Waals surface area contributed by atoms with Crippen LogP contribution in [0, 0.1) is 0 Å². The van der Waals surface area contributed by atoms with Gasteiger partial charge in [-0.15, -0.1) is 0 Å². The smallest absolute Gasteiger partial charge is 0.240 e. The zero-order chi connectivity index (χ0) is 18.5. The first-order chi connectivity index (χ1) is 12.7. The Balaban J connectivity index is 1.44. The van der Waals surface area contributed by atoms with Crippen molar-refractivity contribution >= 4 is 24.2 Å². The minimum absolute atomic E-state index is 0.107. The van der Waals surface area contributed by atoms with Crippen molar-refractivity contribution < 1.29 is 9.59 Å². The van der Waals surface area contributed by atoms with Crippen LogP contribution in [-0.4, -0.2) is 34.2 Å². The summed E-state index contributed by atoms with van der Waals surface area (Å²) < 4.78 is 0. The summed E-state index contributed by atoms with van der Waals surface area (Å²) in [5.41, 5.74) is 6.65. The van der Waals surface area contributed by atoms with E-state index < -0.39 is 0 Å². The fraction of sp³-hybridized carbons (Fsp3) is 0.333. The summed E-state index contributed by atoms with van der Waals surface area (Å²) in [6.07, 6.45) is 10.9. The highest BCUT2D eigenvalue weighted by molar-refractivity contribution is 5.81. The second kappa shape index (κ2) is 11.4. The van der Waals surface area contributed by atoms with E-state index in [1.54, 1.807) is 24.8 Å². The summed E-state index contributed by atoms with van der Waals surface area (Å²) >= 11 is 0. The van der Waals surface area contributed by atoms with E-state index in [1.165, 1.54) is 0 Å². The van der Waals surface area contributed by atoms with E-state index in [-0.39, 0.29) is 11.8 Å². The van der Waals surface area contributed by atoms with Crippen LogP contribution in [0.4, 0.5) is 0 Å². The van der Waals surface area contributed by atoms with Crippen molar-refractivity contribution in [3.8, 4) is 0 Å². The Morgan fingerprint density at radius 2 is 1.27 bits per heavy atom. The number of H-pyrrole nitrogens is 2. The van der Waals surface area contributed by atoms with Crippen molar-refractivity contribution in [1.82, 2.24) is 20.8 Å². The van der Waals surface area contributed by atoms with Gasteiger partial charge < -0.3 is 9.97 Å². The van der Waals surface area contributed by atoms with Crippen LogP contribution in [0.5, 0.6) is 0 Å². The molecule has 0 radical (unpaired) electrons. The highest BCUT2D eigenvalue weighted by atomic mass is 16.2. The molecule has 0 aromatic carbocycles. The van der Waals surface area contributed by atoms with Crippen LogP contribution < -0.4 is 10.9 Å². The second-order valence-electron chi connectivity index (χ2n) is 5.75. The van der Waals surface area contributed by atoms with E-state index in [1.807, 2.05) is 24.3 Å². The quantitative estimate of drug-likeness (QED) is 0.281. The van der Waals surface area contributed by atoms with Crippen molar-refractivity contribution in [3.05, 3.63) is 48.0 Å². The molecule has 0 unspecified atom stereocenters. The molecule has 0 saturated heterocycles. The Bertz CT molecular complexity index is 642. The third-order valence-electron chi connectivity index (χ3n) is 3.59. The summed E-state index contributed by atoms with van der Waals surface area (Å²) in [6, 6.07) is 7.43. The maximum absolute atomic E-state index is 11.6. The number of aromatic nitrogens is 2. The highest BCUT2D eigenvalue weighted by Gasteiger charge is 2.02. The molecule has 0 spiro atoms. The van der Waals surface area contributed by atoms with E-state index in [0.29, 0.717) is 12.8 Å². The van der Waals surface area contributed by atoms with Crippen LogP contribution in [0.15, 0.2) is 46.9 Å². The fourth-order valence-corrected chi connectivity index (χ4v) is 2.23. The number of hydrogen-bond donors (Lipinski definition) is 4. The van der Waals surface area contributed by atoms with Gasteiger partial charge in [0.1, 0.15) is 0 Å². The van der Waals surface area contributed by atoms with Crippen LogP contribution >= 0.6 is 0 Å². The molecule has 2 amide bonds. The lowest BCUT2D eigenvalue weighted by Crippen LogP contribution is -2.17. The van der Waals surface area contributed by atoms with Crippen molar-refractivity contribution in [1.29, 1.82) is 0 Å². The van der Waals surface area contributed by atoms with Gasteiger partial charge in [0.05, 0.1) is 23.8 Å². The summed E-state index contributed by atoms with van der Waals surface area (Å²) in [5, 5.41) is 7.75. The van der Waals surface area contributed by atoms with Gasteiger partial charge in [-0.2, -0.15) is 10.2 Å². The van der Waals surface area contributed by atoms with E-state index in [2.05, 4.69) is 31.0 Å². The van der Waals surface area contributed by atoms with Gasteiger partial charge in [0, 0.05) is 25.2 Å². The monoisotopic (exact) mass is 356 g/mol. The average molecular weight is 356 g/mol. The minimum atomic E-state index is -0.107. The predicted octanol–water partition coefficient (Wildman–Crippen LogP) is 2.28. The van der Waals surface area contributed by atoms with Gasteiger partial charge in [0.15, 0.2) is 0 Å². The largest absolute Gasteiger partial charge is 0.360 e. The number of aromatic amines is 2. The van der Waals surface area contributed by atoms with Gasteiger partial charge in [-0.05, 0) is 37.1 Å². The van der Waals surface area contributed by atoms with Crippen molar-refractivity contribution in [2.45, 2.75) is 38.5 Å². The van der Waals surface area contributed by atoms with Crippen LogP contribution in [-0.2, 0) is 9.59 Å². The predicted molar refractivity (Wildman–Crippen MR) is 101 cm³/mol. The maximum atomic E-state index is 11.6. The lowest BCUT2D eigenvalue weighted by atomic mass is 10.1. The zero-order valence-electron chi connectivity index (χ0n) is 14.6. The lowest BCUT2D eigenvalue weighted by Gasteiger charge is -2.01. The Morgan fingerprint density at radius 1 is 0.808 bits per heavy atom. The average Bonchev–Trinajstić information content (AvgIpc) is 3.32. The summed E-state index contributed by atoms with van der Waals surface area (Å²) in [7, 11) is 0. The zero-order valence-corrected chi connectivity index (χ0v) is 14.6. The maximum Gasteiger partial charge on any atom is 0.240 e. The second-order valence-corrected chi connectivity index (χ2v) is 5.75. The molecule has 0 aliphatic heterocycles. The first-order valence-corrected chi connectivity index (χ1v) is 8.64. The third-order valence-corrected chi connectivity index (χ3v) is 3.59. The first kappa shape index (κ1) is 19.2. The molecule has 0 saturated carbocycles. The molecule has 138 valence electrons. The normalized spacial score (nSPS) is 11.2. The highest BCUT2D eigenvalue weighted by Crippen LogP contribution is 2.05. The molecule has 2 heterocycles. The number of hydrogen-bond acceptors (Lipinski definition) is 4. The molecule has 2 rings (SSSR count). The molecule has 8 heteroatoms. The molecule has 0 atom stereocenters. The van der Waals surface area contributed by atoms with E-state index >= 15 is 0 Å². The summed E-state index contributed by atoms with van der Waals surface area (Å²) in [6.45, 7) is 0. The molecule has 8 nitrogen and oxygen atoms in total. The molecule has 0 aliphatic carbocycles. The van der Waals surface area contributed by atoms with E-state index in [9.17, 15) is 9.59 Å². The number of nitrogens with zero attached hydrogens (tertiary/aromatic N) is 2. The number of carbonyl (C=O) groups excluding carboxylic acids is 2. The van der Waals surface area contributed by atoms with Crippen molar-refractivity contribution in [2.24, 2.45) is 10.2 Å². The molecular weight excluding hydrogens is 332 g/mol. The van der Waals surface area contributed by atoms with Crippen LogP contribution in [0.25, 0.3) is 0 Å². The Kier molecular flexibility index (Phi) is 8.41. The summed E-state index contributed by atoms with van der Waals surface area (Å²) in [5.74, 6) is -0.214. The Hall–Kier alpha value is -3.16. The molecule has 0 fully saturated rings. The molecule has 2 aromatic heterocycles. The van der Waals surface area contributed by atoms with Gasteiger partial charge in [-0.1, -0.05) is 12.8 Å². The Labute approximate surface area is 152 Å². The number of unbranched alkanes of at least 4 members (excludes halogenated alkanes) is 3. The number of hydrazone groups is 2. The van der Waals surface area contributed by atoms with Crippen LogP contribution in [0.1, 0.15) is 49.9 Å². The number of nitrogens with one attached hydrogen (secondary N) is 4. The van der Waals surface area contributed by atoms with Crippen LogP contribution in [0.3, 0.4) is 0 Å². The molecule has 0 bridgehead atoms. The van der Waals surface area contributed by atoms with Gasteiger partial charge >= 0.3 is 0 Å². The Morgan fingerprint density at radius 3 is 1.65 bits per heavy atom. The van der Waals surface area contributed by atoms with Gasteiger partial charge in [-0.25, -0.2) is 10.9 Å². The third kappa shape index (κ3) is 8.09. The standard InChI is InChI=1S/C18H24N6O2/c25-17(23-21-13-15-7-5-11-19-15)9-3-1-2-4-10-18(26)24-22-14-16-8-6-12-20-16/h5-8,11-14,19-20H,1-4,9-10H2,(H,23,25)(H,24,26). The SMILES string of the molecule is O=C(CCCCCCC(=O)NN=Cc1ccc[nH]1)NN=Cc1ccc[nH]1. The van der Waals surface area contributed by atoms with Gasteiger partial charge in [0.25, 0.3) is 0 Å². The number of rotatable bonds is 11. The van der Waals surface area contributed by atoms with Gasteiger partial charge in [-0.3, -0.25) is 9.59 Å². The molecule has 2 aromatic rings. The number of carbonyl (C=O) groups is 2. The van der Waals surface area contributed by atoms with E-state index in [4.69, 9.17) is 0 Å².